The number of nitrogens with zero attached hydrogens (tertiary/aromatic N) is 4. The van der Waals surface area contributed by atoms with E-state index in [2.05, 4.69) is 20.4 Å². The summed E-state index contributed by atoms with van der Waals surface area (Å²) >= 11 is 0. The second kappa shape index (κ2) is 10.6. The van der Waals surface area contributed by atoms with E-state index in [1.165, 1.54) is 19.3 Å². The molecule has 0 unspecified atom stereocenters. The lowest BCUT2D eigenvalue weighted by Crippen LogP contribution is -2.03. The SMILES string of the molecule is C1CC1.CC.CCC(=O)c1cc(C)c(-c2cc3cnc(NC=O)cc3c3ccnn23)cn1. The minimum absolute atomic E-state index is 0.0202. The first-order valence-electron chi connectivity index (χ1n) is 11.1. The van der Waals surface area contributed by atoms with Gasteiger partial charge in [0, 0.05) is 35.2 Å². The van der Waals surface area contributed by atoms with Crippen LogP contribution in [0.25, 0.3) is 27.5 Å². The van der Waals surface area contributed by atoms with Gasteiger partial charge in [-0.05, 0) is 36.8 Å². The van der Waals surface area contributed by atoms with Crippen LogP contribution in [-0.4, -0.2) is 31.8 Å². The minimum Gasteiger partial charge on any atom is -0.313 e. The fourth-order valence-electron chi connectivity index (χ4n) is 3.20. The second-order valence-corrected chi connectivity index (χ2v) is 7.30. The van der Waals surface area contributed by atoms with Crippen molar-refractivity contribution in [2.45, 2.75) is 53.4 Å². The Morgan fingerprint density at radius 1 is 1.12 bits per heavy atom. The first-order chi connectivity index (χ1) is 15.6. The molecule has 32 heavy (non-hydrogen) atoms. The zero-order valence-corrected chi connectivity index (χ0v) is 19.1. The number of anilines is 1. The lowest BCUT2D eigenvalue weighted by molar-refractivity contribution is -0.105. The Hall–Kier alpha value is -3.61. The van der Waals surface area contributed by atoms with Crippen molar-refractivity contribution in [3.8, 4) is 11.3 Å². The normalized spacial score (nSPS) is 11.8. The van der Waals surface area contributed by atoms with Gasteiger partial charge < -0.3 is 5.32 Å². The van der Waals surface area contributed by atoms with Crippen molar-refractivity contribution >= 4 is 34.3 Å². The van der Waals surface area contributed by atoms with Crippen LogP contribution in [0.4, 0.5) is 5.82 Å². The molecule has 5 rings (SSSR count). The van der Waals surface area contributed by atoms with Crippen molar-refractivity contribution < 1.29 is 9.59 Å². The van der Waals surface area contributed by atoms with E-state index in [1.807, 2.05) is 56.5 Å². The maximum absolute atomic E-state index is 11.9. The van der Waals surface area contributed by atoms with Gasteiger partial charge in [-0.15, -0.1) is 0 Å². The van der Waals surface area contributed by atoms with Crippen molar-refractivity contribution in [3.63, 3.8) is 0 Å². The van der Waals surface area contributed by atoms with E-state index in [0.717, 1.165) is 33.1 Å². The number of fused-ring (bicyclic) bond motifs is 3. The van der Waals surface area contributed by atoms with Gasteiger partial charge in [0.25, 0.3) is 0 Å². The fraction of sp³-hybridized carbons (Fsp3) is 0.320. The van der Waals surface area contributed by atoms with E-state index in [4.69, 9.17) is 0 Å². The molecule has 0 saturated heterocycles. The van der Waals surface area contributed by atoms with E-state index < -0.39 is 0 Å². The Morgan fingerprint density at radius 3 is 2.50 bits per heavy atom. The third-order valence-electron chi connectivity index (χ3n) is 4.93. The van der Waals surface area contributed by atoms with Crippen LogP contribution in [0.1, 0.15) is 62.5 Å². The molecule has 1 amide bonds. The van der Waals surface area contributed by atoms with Gasteiger partial charge in [0.2, 0.25) is 6.41 Å². The second-order valence-electron chi connectivity index (χ2n) is 7.30. The molecule has 1 N–H and O–H groups in total. The molecule has 4 heterocycles. The van der Waals surface area contributed by atoms with Gasteiger partial charge in [0.05, 0.1) is 17.4 Å². The predicted octanol–water partition coefficient (Wildman–Crippen LogP) is 5.61. The lowest BCUT2D eigenvalue weighted by atomic mass is 10.0. The van der Waals surface area contributed by atoms with Crippen molar-refractivity contribution in [1.29, 1.82) is 0 Å². The number of Topliss-reactive ketones (excluding diaryl/α,β-unsaturated/α-hetero) is 1. The van der Waals surface area contributed by atoms with Crippen molar-refractivity contribution in [2.24, 2.45) is 0 Å². The lowest BCUT2D eigenvalue weighted by Gasteiger charge is -2.12. The minimum atomic E-state index is 0.0202. The topological polar surface area (TPSA) is 89.2 Å². The van der Waals surface area contributed by atoms with E-state index in [0.29, 0.717) is 24.3 Å². The highest BCUT2D eigenvalue weighted by Gasteiger charge is 2.14. The number of carbonyl (C=O) groups excluding carboxylic acids is 2. The van der Waals surface area contributed by atoms with Crippen LogP contribution in [0, 0.1) is 6.92 Å². The summed E-state index contributed by atoms with van der Waals surface area (Å²) in [5.74, 6) is 0.500. The maximum Gasteiger partial charge on any atom is 0.212 e. The first kappa shape index (κ1) is 23.1. The molecule has 1 fully saturated rings. The van der Waals surface area contributed by atoms with Crippen LogP contribution < -0.4 is 5.32 Å². The molecule has 0 bridgehead atoms. The number of hydrogen-bond acceptors (Lipinski definition) is 5. The molecule has 1 saturated carbocycles. The van der Waals surface area contributed by atoms with Gasteiger partial charge in [-0.3, -0.25) is 14.6 Å². The number of aromatic nitrogens is 4. The monoisotopic (exact) mass is 431 g/mol. The molecule has 0 atom stereocenters. The average molecular weight is 432 g/mol. The summed E-state index contributed by atoms with van der Waals surface area (Å²) < 4.78 is 1.83. The van der Waals surface area contributed by atoms with Crippen molar-refractivity contribution in [3.05, 3.63) is 54.1 Å². The number of carbonyl (C=O) groups is 2. The molecule has 0 radical (unpaired) electrons. The number of hydrogen-bond donors (Lipinski definition) is 1. The zero-order chi connectivity index (χ0) is 23.1. The van der Waals surface area contributed by atoms with Crippen molar-refractivity contribution in [2.75, 3.05) is 5.32 Å². The van der Waals surface area contributed by atoms with Gasteiger partial charge in [-0.2, -0.15) is 5.10 Å². The van der Waals surface area contributed by atoms with E-state index in [1.54, 1.807) is 18.6 Å². The summed E-state index contributed by atoms with van der Waals surface area (Å²) in [6.45, 7) is 7.78. The van der Waals surface area contributed by atoms with Crippen LogP contribution in [0.5, 0.6) is 0 Å². The van der Waals surface area contributed by atoms with Crippen molar-refractivity contribution in [1.82, 2.24) is 19.6 Å². The van der Waals surface area contributed by atoms with Gasteiger partial charge in [-0.1, -0.05) is 40.0 Å². The summed E-state index contributed by atoms with van der Waals surface area (Å²) in [6, 6.07) is 7.53. The van der Waals surface area contributed by atoms with Crippen LogP contribution in [0.15, 0.2) is 42.9 Å². The average Bonchev–Trinajstić information content (AvgIpc) is 3.63. The van der Waals surface area contributed by atoms with Gasteiger partial charge in [0.1, 0.15) is 11.5 Å². The standard InChI is InChI=1S/C20H17N5O2.C3H6.C2H6/c1-3-19(27)16-6-12(2)15(10-21-16)18-7-13-9-22-20(23-11-26)8-14(13)17-4-5-24-25(17)18;1-2-3-1;1-2/h4-11H,3H2,1-2H3,(H,22,23,26);1-3H2;1-2H3. The Labute approximate surface area is 187 Å². The summed E-state index contributed by atoms with van der Waals surface area (Å²) in [5, 5.41) is 8.87. The molecule has 0 aromatic carbocycles. The summed E-state index contributed by atoms with van der Waals surface area (Å²) in [4.78, 5) is 31.2. The number of amides is 1. The van der Waals surface area contributed by atoms with E-state index in [9.17, 15) is 9.59 Å². The molecular formula is C25H29N5O2. The molecule has 1 aliphatic carbocycles. The van der Waals surface area contributed by atoms with Crippen LogP contribution in [0.3, 0.4) is 0 Å². The van der Waals surface area contributed by atoms with E-state index >= 15 is 0 Å². The zero-order valence-electron chi connectivity index (χ0n) is 19.1. The number of rotatable bonds is 5. The molecular weight excluding hydrogens is 402 g/mol. The number of pyridine rings is 3. The Bertz CT molecular complexity index is 1240. The highest BCUT2D eigenvalue weighted by atomic mass is 16.1. The molecule has 7 heteroatoms. The fourth-order valence-corrected chi connectivity index (χ4v) is 3.20. The number of ketones is 1. The molecule has 0 spiro atoms. The van der Waals surface area contributed by atoms with Crippen LogP contribution in [-0.2, 0) is 4.79 Å². The number of nitrogens with one attached hydrogen (secondary N) is 1. The third-order valence-corrected chi connectivity index (χ3v) is 4.93. The Balaban J connectivity index is 0.000000522. The number of aryl methyl sites for hydroxylation is 1. The van der Waals surface area contributed by atoms with Crippen LogP contribution in [0.2, 0.25) is 0 Å². The van der Waals surface area contributed by atoms with Gasteiger partial charge in [0.15, 0.2) is 5.78 Å². The summed E-state index contributed by atoms with van der Waals surface area (Å²) in [7, 11) is 0. The highest BCUT2D eigenvalue weighted by molar-refractivity contribution is 6.00. The molecule has 4 aromatic rings. The summed E-state index contributed by atoms with van der Waals surface area (Å²) in [5.41, 5.74) is 4.08. The largest absolute Gasteiger partial charge is 0.313 e. The molecule has 166 valence electrons. The van der Waals surface area contributed by atoms with Gasteiger partial charge in [-0.25, -0.2) is 9.50 Å². The van der Waals surface area contributed by atoms with Gasteiger partial charge >= 0.3 is 0 Å². The molecule has 7 nitrogen and oxygen atoms in total. The maximum atomic E-state index is 11.9. The smallest absolute Gasteiger partial charge is 0.212 e. The molecule has 1 aliphatic rings. The highest BCUT2D eigenvalue weighted by Crippen LogP contribution is 2.30. The Kier molecular flexibility index (Phi) is 7.65. The molecule has 4 aromatic heterocycles. The quantitative estimate of drug-likeness (QED) is 0.328. The first-order valence-corrected chi connectivity index (χ1v) is 11.1. The molecule has 0 aliphatic heterocycles. The summed E-state index contributed by atoms with van der Waals surface area (Å²) in [6.07, 6.45) is 10.7. The van der Waals surface area contributed by atoms with Crippen LogP contribution >= 0.6 is 0 Å². The van der Waals surface area contributed by atoms with E-state index in [-0.39, 0.29) is 5.78 Å². The predicted molar refractivity (Wildman–Crippen MR) is 128 cm³/mol. The third kappa shape index (κ3) is 4.99. The Morgan fingerprint density at radius 2 is 1.88 bits per heavy atom.